The third kappa shape index (κ3) is 5.26. The summed E-state index contributed by atoms with van der Waals surface area (Å²) in [5, 5.41) is 9.08. The van der Waals surface area contributed by atoms with E-state index in [0.29, 0.717) is 48.7 Å². The molecule has 2 heterocycles. The van der Waals surface area contributed by atoms with E-state index in [2.05, 4.69) is 10.3 Å². The van der Waals surface area contributed by atoms with Gasteiger partial charge in [-0.05, 0) is 36.8 Å². The molecule has 2 aromatic carbocycles. The number of nitrogens with zero attached hydrogens (tertiary/aromatic N) is 5. The van der Waals surface area contributed by atoms with Crippen LogP contribution in [0.5, 0.6) is 0 Å². The number of benzene rings is 2. The van der Waals surface area contributed by atoms with Crippen molar-refractivity contribution in [2.24, 2.45) is 0 Å². The Balaban J connectivity index is 1.38. The quantitative estimate of drug-likeness (QED) is 0.475. The second-order valence-corrected chi connectivity index (χ2v) is 8.44. The van der Waals surface area contributed by atoms with Crippen LogP contribution in [-0.4, -0.2) is 69.5 Å². The van der Waals surface area contributed by atoms with Gasteiger partial charge in [-0.15, -0.1) is 5.10 Å². The van der Waals surface area contributed by atoms with Crippen LogP contribution in [0.2, 0.25) is 5.02 Å². The summed E-state index contributed by atoms with van der Waals surface area (Å²) in [7, 11) is 0. The smallest absolute Gasteiger partial charge is 0.328 e. The summed E-state index contributed by atoms with van der Waals surface area (Å²) < 4.78 is 6.54. The molecule has 1 aromatic heterocycles. The summed E-state index contributed by atoms with van der Waals surface area (Å²) >= 11 is 6.01. The first-order valence-corrected chi connectivity index (χ1v) is 11.6. The molecule has 1 aliphatic heterocycles. The van der Waals surface area contributed by atoms with Gasteiger partial charge in [0, 0.05) is 37.6 Å². The van der Waals surface area contributed by atoms with E-state index in [-0.39, 0.29) is 30.4 Å². The van der Waals surface area contributed by atoms with E-state index in [0.717, 1.165) is 5.56 Å². The Kier molecular flexibility index (Phi) is 7.54. The zero-order chi connectivity index (χ0) is 24.1. The Morgan fingerprint density at radius 3 is 2.47 bits per heavy atom. The van der Waals surface area contributed by atoms with Crippen LogP contribution in [0.4, 0.5) is 0 Å². The van der Waals surface area contributed by atoms with Gasteiger partial charge in [0.15, 0.2) is 0 Å². The fourth-order valence-electron chi connectivity index (χ4n) is 4.12. The number of aryl methyl sites for hydroxylation is 1. The number of carbonyl (C=O) groups excluding carboxylic acids is 2. The van der Waals surface area contributed by atoms with E-state index in [4.69, 9.17) is 16.3 Å². The van der Waals surface area contributed by atoms with Crippen LogP contribution in [0.15, 0.2) is 53.3 Å². The van der Waals surface area contributed by atoms with Crippen molar-refractivity contribution in [1.29, 1.82) is 0 Å². The van der Waals surface area contributed by atoms with Crippen molar-refractivity contribution in [2.45, 2.75) is 25.9 Å². The van der Waals surface area contributed by atoms with Crippen LogP contribution in [0.3, 0.4) is 0 Å². The van der Waals surface area contributed by atoms with Gasteiger partial charge in [0.2, 0.25) is 5.91 Å². The molecule has 1 fully saturated rings. The van der Waals surface area contributed by atoms with Gasteiger partial charge >= 0.3 is 5.97 Å². The highest BCUT2D eigenvalue weighted by molar-refractivity contribution is 6.30. The van der Waals surface area contributed by atoms with Crippen molar-refractivity contribution >= 4 is 34.4 Å². The second-order valence-electron chi connectivity index (χ2n) is 8.01. The lowest BCUT2D eigenvalue weighted by atomic mass is 10.0. The molecule has 1 unspecified atom stereocenters. The maximum atomic E-state index is 12.8. The molecule has 1 amide bonds. The average Bonchev–Trinajstić information content (AvgIpc) is 2.85. The number of hydrogen-bond acceptors (Lipinski definition) is 7. The number of hydrogen-bond donors (Lipinski definition) is 0. The van der Waals surface area contributed by atoms with E-state index in [1.165, 1.54) is 4.68 Å². The standard InChI is InChI=1S/C24H26ClN5O4/c1-2-34-24(33)22(17-7-9-18(25)10-8-17)29-15-13-28(14-16-29)21(31)11-12-30-23(32)19-5-3-4-6-20(19)26-27-30/h3-10,22H,2,11-16H2,1H3. The zero-order valence-corrected chi connectivity index (χ0v) is 19.6. The highest BCUT2D eigenvalue weighted by Crippen LogP contribution is 2.25. The number of aromatic nitrogens is 3. The van der Waals surface area contributed by atoms with Crippen LogP contribution >= 0.6 is 11.6 Å². The number of esters is 1. The van der Waals surface area contributed by atoms with E-state index >= 15 is 0 Å². The molecule has 34 heavy (non-hydrogen) atoms. The predicted molar refractivity (Wildman–Crippen MR) is 127 cm³/mol. The summed E-state index contributed by atoms with van der Waals surface area (Å²) in [4.78, 5) is 41.9. The van der Waals surface area contributed by atoms with Crippen LogP contribution in [0.25, 0.3) is 10.9 Å². The largest absolute Gasteiger partial charge is 0.465 e. The van der Waals surface area contributed by atoms with E-state index in [1.54, 1.807) is 48.2 Å². The Bertz CT molecular complexity index is 1220. The monoisotopic (exact) mass is 483 g/mol. The van der Waals surface area contributed by atoms with Crippen LogP contribution in [0, 0.1) is 0 Å². The minimum absolute atomic E-state index is 0.0688. The molecule has 0 saturated carbocycles. The molecule has 10 heteroatoms. The molecule has 0 N–H and O–H groups in total. The van der Waals surface area contributed by atoms with Gasteiger partial charge in [0.05, 0.1) is 18.5 Å². The number of rotatable bonds is 7. The molecule has 0 bridgehead atoms. The lowest BCUT2D eigenvalue weighted by Gasteiger charge is -2.38. The maximum absolute atomic E-state index is 12.8. The Morgan fingerprint density at radius 1 is 1.06 bits per heavy atom. The van der Waals surface area contributed by atoms with Crippen LogP contribution in [-0.2, 0) is 20.9 Å². The number of ether oxygens (including phenoxy) is 1. The van der Waals surface area contributed by atoms with Gasteiger partial charge < -0.3 is 9.64 Å². The van der Waals surface area contributed by atoms with Crippen molar-refractivity contribution < 1.29 is 14.3 Å². The van der Waals surface area contributed by atoms with E-state index in [9.17, 15) is 14.4 Å². The van der Waals surface area contributed by atoms with Crippen molar-refractivity contribution in [3.63, 3.8) is 0 Å². The highest BCUT2D eigenvalue weighted by Gasteiger charge is 2.32. The number of amides is 1. The maximum Gasteiger partial charge on any atom is 0.328 e. The predicted octanol–water partition coefficient (Wildman–Crippen LogP) is 2.28. The van der Waals surface area contributed by atoms with Crippen LogP contribution < -0.4 is 5.56 Å². The van der Waals surface area contributed by atoms with Gasteiger partial charge in [0.25, 0.3) is 5.56 Å². The Labute approximate surface area is 201 Å². The SMILES string of the molecule is CCOC(=O)C(c1ccc(Cl)cc1)N1CCN(C(=O)CCn2nnc3ccccc3c2=O)CC1. The number of piperazine rings is 1. The molecule has 4 rings (SSSR count). The first kappa shape index (κ1) is 23.8. The zero-order valence-electron chi connectivity index (χ0n) is 18.9. The average molecular weight is 484 g/mol. The van der Waals surface area contributed by atoms with Gasteiger partial charge in [-0.1, -0.05) is 41.1 Å². The number of halogens is 1. The molecule has 1 aliphatic rings. The molecule has 0 radical (unpaired) electrons. The highest BCUT2D eigenvalue weighted by atomic mass is 35.5. The summed E-state index contributed by atoms with van der Waals surface area (Å²) in [6, 6.07) is 13.6. The van der Waals surface area contributed by atoms with Crippen molar-refractivity contribution in [3.8, 4) is 0 Å². The summed E-state index contributed by atoms with van der Waals surface area (Å²) in [6.45, 7) is 4.21. The molecule has 0 spiro atoms. The van der Waals surface area contributed by atoms with Gasteiger partial charge in [-0.3, -0.25) is 14.5 Å². The number of fused-ring (bicyclic) bond motifs is 1. The Hall–Kier alpha value is -3.30. The Morgan fingerprint density at radius 2 is 1.76 bits per heavy atom. The van der Waals surface area contributed by atoms with Gasteiger partial charge in [-0.2, -0.15) is 0 Å². The van der Waals surface area contributed by atoms with Crippen molar-refractivity contribution in [2.75, 3.05) is 32.8 Å². The molecule has 1 saturated heterocycles. The molecule has 1 atom stereocenters. The van der Waals surface area contributed by atoms with Gasteiger partial charge in [-0.25, -0.2) is 9.48 Å². The summed E-state index contributed by atoms with van der Waals surface area (Å²) in [6.07, 6.45) is 0.144. The molecule has 178 valence electrons. The second kappa shape index (κ2) is 10.8. The normalized spacial score (nSPS) is 15.3. The van der Waals surface area contributed by atoms with Crippen molar-refractivity contribution in [3.05, 3.63) is 69.5 Å². The summed E-state index contributed by atoms with van der Waals surface area (Å²) in [5.74, 6) is -0.389. The molecular formula is C24H26ClN5O4. The molecule has 3 aromatic rings. The first-order chi connectivity index (χ1) is 16.5. The van der Waals surface area contributed by atoms with Crippen LogP contribution in [0.1, 0.15) is 24.9 Å². The summed E-state index contributed by atoms with van der Waals surface area (Å²) in [5.41, 5.74) is 1.07. The van der Waals surface area contributed by atoms with Crippen molar-refractivity contribution in [1.82, 2.24) is 24.8 Å². The number of carbonyl (C=O) groups is 2. The minimum Gasteiger partial charge on any atom is -0.465 e. The first-order valence-electron chi connectivity index (χ1n) is 11.2. The lowest BCUT2D eigenvalue weighted by molar-refractivity contribution is -0.151. The molecule has 0 aliphatic carbocycles. The fourth-order valence-corrected chi connectivity index (χ4v) is 4.25. The van der Waals surface area contributed by atoms with E-state index < -0.39 is 6.04 Å². The fraction of sp³-hybridized carbons (Fsp3) is 0.375. The minimum atomic E-state index is -0.555. The molecule has 9 nitrogen and oxygen atoms in total. The van der Waals surface area contributed by atoms with E-state index in [1.807, 2.05) is 17.0 Å². The van der Waals surface area contributed by atoms with Gasteiger partial charge in [0.1, 0.15) is 11.6 Å². The third-order valence-electron chi connectivity index (χ3n) is 5.89. The lowest BCUT2D eigenvalue weighted by Crippen LogP contribution is -2.51. The topological polar surface area (TPSA) is 97.6 Å². The molecular weight excluding hydrogens is 458 g/mol. The third-order valence-corrected chi connectivity index (χ3v) is 6.15.